The Balaban J connectivity index is 2.15. The number of urea groups is 1. The van der Waals surface area contributed by atoms with E-state index in [2.05, 4.69) is 24.5 Å². The molecule has 0 bridgehead atoms. The maximum absolute atomic E-state index is 11.7. The van der Waals surface area contributed by atoms with E-state index < -0.39 is 0 Å². The summed E-state index contributed by atoms with van der Waals surface area (Å²) >= 11 is 0. The minimum Gasteiger partial charge on any atom is -0.494 e. The average Bonchev–Trinajstić information content (AvgIpc) is 2.45. The van der Waals surface area contributed by atoms with Gasteiger partial charge in [0.2, 0.25) is 0 Å². The Morgan fingerprint density at radius 2 is 1.95 bits per heavy atom. The second-order valence-corrected chi connectivity index (χ2v) is 5.16. The SMILES string of the molecule is CCOc1ccc(NC(=O)NCCCOCC(C)C)cc1. The first-order valence-electron chi connectivity index (χ1n) is 7.47. The van der Waals surface area contributed by atoms with E-state index in [0.717, 1.165) is 24.5 Å². The van der Waals surface area contributed by atoms with Crippen molar-refractivity contribution < 1.29 is 14.3 Å². The smallest absolute Gasteiger partial charge is 0.319 e. The maximum Gasteiger partial charge on any atom is 0.319 e. The lowest BCUT2D eigenvalue weighted by Gasteiger charge is -2.09. The fourth-order valence-corrected chi connectivity index (χ4v) is 1.67. The summed E-state index contributed by atoms with van der Waals surface area (Å²) in [6, 6.07) is 7.09. The number of rotatable bonds is 9. The average molecular weight is 294 g/mol. The molecule has 0 unspecified atom stereocenters. The summed E-state index contributed by atoms with van der Waals surface area (Å²) in [5.41, 5.74) is 0.743. The molecule has 0 aliphatic rings. The normalized spacial score (nSPS) is 10.5. The number of hydrogen-bond acceptors (Lipinski definition) is 3. The molecule has 2 N–H and O–H groups in total. The van der Waals surface area contributed by atoms with E-state index in [1.54, 1.807) is 0 Å². The van der Waals surface area contributed by atoms with E-state index in [1.807, 2.05) is 31.2 Å². The Bertz CT molecular complexity index is 404. The van der Waals surface area contributed by atoms with Crippen LogP contribution in [0.15, 0.2) is 24.3 Å². The molecular formula is C16H26N2O3. The first kappa shape index (κ1) is 17.3. The van der Waals surface area contributed by atoms with Crippen LogP contribution in [0, 0.1) is 5.92 Å². The van der Waals surface area contributed by atoms with Crippen molar-refractivity contribution in [3.05, 3.63) is 24.3 Å². The molecule has 0 spiro atoms. The molecule has 5 nitrogen and oxygen atoms in total. The molecule has 2 amide bonds. The van der Waals surface area contributed by atoms with Gasteiger partial charge < -0.3 is 20.1 Å². The van der Waals surface area contributed by atoms with Crippen LogP contribution in [0.1, 0.15) is 27.2 Å². The Labute approximate surface area is 127 Å². The van der Waals surface area contributed by atoms with E-state index in [9.17, 15) is 4.79 Å². The second kappa shape index (κ2) is 10.0. The van der Waals surface area contributed by atoms with Gasteiger partial charge in [0, 0.05) is 25.4 Å². The van der Waals surface area contributed by atoms with Crippen LogP contribution < -0.4 is 15.4 Å². The van der Waals surface area contributed by atoms with Gasteiger partial charge in [0.1, 0.15) is 5.75 Å². The van der Waals surface area contributed by atoms with Crippen molar-refractivity contribution in [1.29, 1.82) is 0 Å². The highest BCUT2D eigenvalue weighted by Gasteiger charge is 2.01. The highest BCUT2D eigenvalue weighted by Crippen LogP contribution is 2.15. The van der Waals surface area contributed by atoms with Gasteiger partial charge in [-0.2, -0.15) is 0 Å². The summed E-state index contributed by atoms with van der Waals surface area (Å²) < 4.78 is 10.8. The third-order valence-electron chi connectivity index (χ3n) is 2.63. The highest BCUT2D eigenvalue weighted by atomic mass is 16.5. The van der Waals surface area contributed by atoms with Gasteiger partial charge in [0.15, 0.2) is 0 Å². The van der Waals surface area contributed by atoms with Gasteiger partial charge in [-0.15, -0.1) is 0 Å². The molecular weight excluding hydrogens is 268 g/mol. The zero-order valence-electron chi connectivity index (χ0n) is 13.1. The number of carbonyl (C=O) groups is 1. The summed E-state index contributed by atoms with van der Waals surface area (Å²) in [6.07, 6.45) is 0.809. The molecule has 0 saturated carbocycles. The first-order valence-corrected chi connectivity index (χ1v) is 7.47. The molecule has 0 aliphatic heterocycles. The topological polar surface area (TPSA) is 59.6 Å². The molecule has 5 heteroatoms. The number of amides is 2. The van der Waals surface area contributed by atoms with Crippen molar-refractivity contribution in [3.8, 4) is 5.75 Å². The predicted octanol–water partition coefficient (Wildman–Crippen LogP) is 3.27. The van der Waals surface area contributed by atoms with Gasteiger partial charge in [-0.1, -0.05) is 13.8 Å². The fraction of sp³-hybridized carbons (Fsp3) is 0.562. The van der Waals surface area contributed by atoms with E-state index in [-0.39, 0.29) is 6.03 Å². The minimum absolute atomic E-state index is 0.206. The highest BCUT2D eigenvalue weighted by molar-refractivity contribution is 5.89. The maximum atomic E-state index is 11.7. The van der Waals surface area contributed by atoms with Gasteiger partial charge >= 0.3 is 6.03 Å². The fourth-order valence-electron chi connectivity index (χ4n) is 1.67. The van der Waals surface area contributed by atoms with Crippen LogP contribution in [0.2, 0.25) is 0 Å². The molecule has 21 heavy (non-hydrogen) atoms. The van der Waals surface area contributed by atoms with Gasteiger partial charge in [-0.05, 0) is 43.5 Å². The van der Waals surface area contributed by atoms with Crippen molar-refractivity contribution in [2.24, 2.45) is 5.92 Å². The summed E-state index contributed by atoms with van der Waals surface area (Å²) in [7, 11) is 0. The zero-order chi connectivity index (χ0) is 15.5. The van der Waals surface area contributed by atoms with E-state index in [0.29, 0.717) is 25.7 Å². The number of ether oxygens (including phenoxy) is 2. The van der Waals surface area contributed by atoms with Gasteiger partial charge in [0.25, 0.3) is 0 Å². The third kappa shape index (κ3) is 8.19. The summed E-state index contributed by atoms with van der Waals surface area (Å²) in [5.74, 6) is 1.34. The van der Waals surface area contributed by atoms with Gasteiger partial charge in [0.05, 0.1) is 6.61 Å². The van der Waals surface area contributed by atoms with Crippen molar-refractivity contribution in [2.45, 2.75) is 27.2 Å². The molecule has 0 fully saturated rings. The van der Waals surface area contributed by atoms with Crippen molar-refractivity contribution >= 4 is 11.7 Å². The van der Waals surface area contributed by atoms with Crippen LogP contribution >= 0.6 is 0 Å². The van der Waals surface area contributed by atoms with E-state index >= 15 is 0 Å². The molecule has 1 rings (SSSR count). The summed E-state index contributed by atoms with van der Waals surface area (Å²) in [6.45, 7) is 8.82. The number of benzene rings is 1. The van der Waals surface area contributed by atoms with Crippen molar-refractivity contribution in [3.63, 3.8) is 0 Å². The minimum atomic E-state index is -0.206. The molecule has 0 atom stereocenters. The van der Waals surface area contributed by atoms with Gasteiger partial charge in [-0.25, -0.2) is 4.79 Å². The third-order valence-corrected chi connectivity index (χ3v) is 2.63. The van der Waals surface area contributed by atoms with Crippen LogP contribution in [-0.2, 0) is 4.74 Å². The molecule has 1 aromatic carbocycles. The number of carbonyl (C=O) groups excluding carboxylic acids is 1. The monoisotopic (exact) mass is 294 g/mol. The standard InChI is InChI=1S/C16H26N2O3/c1-4-21-15-8-6-14(7-9-15)18-16(19)17-10-5-11-20-12-13(2)3/h6-9,13H,4-5,10-12H2,1-3H3,(H2,17,18,19). The molecule has 118 valence electrons. The number of anilines is 1. The zero-order valence-corrected chi connectivity index (χ0v) is 13.1. The largest absolute Gasteiger partial charge is 0.494 e. The van der Waals surface area contributed by atoms with Crippen molar-refractivity contribution in [1.82, 2.24) is 5.32 Å². The number of hydrogen-bond donors (Lipinski definition) is 2. The van der Waals surface area contributed by atoms with Crippen LogP contribution in [0.5, 0.6) is 5.75 Å². The first-order chi connectivity index (χ1) is 10.1. The van der Waals surface area contributed by atoms with Crippen LogP contribution in [-0.4, -0.2) is 32.4 Å². The van der Waals surface area contributed by atoms with E-state index in [1.165, 1.54) is 0 Å². The van der Waals surface area contributed by atoms with E-state index in [4.69, 9.17) is 9.47 Å². The summed E-state index contributed by atoms with van der Waals surface area (Å²) in [4.78, 5) is 11.7. The molecule has 1 aromatic rings. The second-order valence-electron chi connectivity index (χ2n) is 5.16. The quantitative estimate of drug-likeness (QED) is 0.687. The summed E-state index contributed by atoms with van der Waals surface area (Å²) in [5, 5.41) is 5.57. The lowest BCUT2D eigenvalue weighted by Crippen LogP contribution is -2.30. The Morgan fingerprint density at radius 1 is 1.24 bits per heavy atom. The molecule has 0 aromatic heterocycles. The molecule has 0 aliphatic carbocycles. The van der Waals surface area contributed by atoms with Crippen LogP contribution in [0.3, 0.4) is 0 Å². The van der Waals surface area contributed by atoms with Crippen LogP contribution in [0.25, 0.3) is 0 Å². The molecule has 0 heterocycles. The Morgan fingerprint density at radius 3 is 2.57 bits per heavy atom. The molecule has 0 radical (unpaired) electrons. The van der Waals surface area contributed by atoms with Crippen LogP contribution in [0.4, 0.5) is 10.5 Å². The van der Waals surface area contributed by atoms with Gasteiger partial charge in [-0.3, -0.25) is 0 Å². The van der Waals surface area contributed by atoms with Crippen molar-refractivity contribution in [2.75, 3.05) is 31.7 Å². The Hall–Kier alpha value is -1.75. The predicted molar refractivity (Wildman–Crippen MR) is 84.9 cm³/mol. The number of nitrogens with one attached hydrogen (secondary N) is 2. The Kier molecular flexibility index (Phi) is 8.28. The lowest BCUT2D eigenvalue weighted by molar-refractivity contribution is 0.108. The lowest BCUT2D eigenvalue weighted by atomic mass is 10.2. The molecule has 0 saturated heterocycles.